The van der Waals surface area contributed by atoms with Crippen molar-refractivity contribution in [2.24, 2.45) is 0 Å². The first-order chi connectivity index (χ1) is 10.3. The molecule has 0 aliphatic rings. The molecule has 0 amide bonds. The summed E-state index contributed by atoms with van der Waals surface area (Å²) in [6.45, 7) is 6.61. The lowest BCUT2D eigenvalue weighted by Gasteiger charge is -2.08. The Kier molecular flexibility index (Phi) is 5.75. The van der Waals surface area contributed by atoms with E-state index in [2.05, 4.69) is 11.9 Å². The third kappa shape index (κ3) is 3.82. The van der Waals surface area contributed by atoms with Crippen LogP contribution in [0.25, 0.3) is 11.0 Å². The van der Waals surface area contributed by atoms with E-state index in [1.165, 1.54) is 0 Å². The van der Waals surface area contributed by atoms with Gasteiger partial charge < -0.3 is 14.0 Å². The molecule has 0 saturated heterocycles. The van der Waals surface area contributed by atoms with Crippen molar-refractivity contribution < 1.29 is 14.3 Å². The van der Waals surface area contributed by atoms with Crippen LogP contribution >= 0.6 is 0 Å². The van der Waals surface area contributed by atoms with Gasteiger partial charge >= 0.3 is 0 Å². The number of unbranched alkanes of at least 4 members (excludes halogenated alkanes) is 1. The Bertz CT molecular complexity index is 592. The van der Waals surface area contributed by atoms with E-state index >= 15 is 0 Å². The average molecular weight is 290 g/mol. The molecule has 0 N–H and O–H groups in total. The van der Waals surface area contributed by atoms with Crippen molar-refractivity contribution in [1.29, 1.82) is 0 Å². The standard InChI is InChI=1S/C16H22N2O3/c1-3-5-9-21-13-6-7-14-15(11-13)18(8-10-20-4-2)16(12-19)17-14/h6-7,11-12H,3-5,8-10H2,1-2H3. The van der Waals surface area contributed by atoms with Gasteiger partial charge in [-0.15, -0.1) is 0 Å². The molecule has 0 unspecified atom stereocenters. The summed E-state index contributed by atoms with van der Waals surface area (Å²) < 4.78 is 13.0. The molecule has 2 aromatic rings. The quantitative estimate of drug-likeness (QED) is 0.526. The second-order valence-electron chi connectivity index (χ2n) is 4.79. The van der Waals surface area contributed by atoms with Gasteiger partial charge in [-0.05, 0) is 25.5 Å². The first-order valence-electron chi connectivity index (χ1n) is 7.46. The number of aromatic nitrogens is 2. The first-order valence-corrected chi connectivity index (χ1v) is 7.46. The van der Waals surface area contributed by atoms with Gasteiger partial charge in [-0.3, -0.25) is 4.79 Å². The van der Waals surface area contributed by atoms with Crippen molar-refractivity contribution in [2.75, 3.05) is 19.8 Å². The van der Waals surface area contributed by atoms with E-state index in [1.807, 2.05) is 29.7 Å². The fourth-order valence-electron chi connectivity index (χ4n) is 2.17. The number of hydrogen-bond donors (Lipinski definition) is 0. The lowest BCUT2D eigenvalue weighted by Crippen LogP contribution is -2.09. The summed E-state index contributed by atoms with van der Waals surface area (Å²) in [4.78, 5) is 15.5. The van der Waals surface area contributed by atoms with Gasteiger partial charge in [-0.2, -0.15) is 0 Å². The average Bonchev–Trinajstić information content (AvgIpc) is 2.85. The van der Waals surface area contributed by atoms with Crippen LogP contribution in [0.1, 0.15) is 37.3 Å². The summed E-state index contributed by atoms with van der Waals surface area (Å²) >= 11 is 0. The molecule has 0 aliphatic carbocycles. The van der Waals surface area contributed by atoms with Gasteiger partial charge in [0, 0.05) is 19.2 Å². The molecule has 21 heavy (non-hydrogen) atoms. The Hall–Kier alpha value is -1.88. The fraction of sp³-hybridized carbons (Fsp3) is 0.500. The number of ether oxygens (including phenoxy) is 2. The minimum atomic E-state index is 0.426. The maximum atomic E-state index is 11.2. The largest absolute Gasteiger partial charge is 0.494 e. The number of rotatable bonds is 9. The molecule has 0 radical (unpaired) electrons. The number of imidazole rings is 1. The van der Waals surface area contributed by atoms with Crippen molar-refractivity contribution in [2.45, 2.75) is 33.2 Å². The van der Waals surface area contributed by atoms with Gasteiger partial charge in [0.1, 0.15) is 5.75 Å². The van der Waals surface area contributed by atoms with Crippen molar-refractivity contribution in [1.82, 2.24) is 9.55 Å². The summed E-state index contributed by atoms with van der Waals surface area (Å²) in [5.41, 5.74) is 1.71. The Morgan fingerprint density at radius 2 is 2.14 bits per heavy atom. The number of carbonyl (C=O) groups is 1. The van der Waals surface area contributed by atoms with Gasteiger partial charge in [0.15, 0.2) is 12.1 Å². The van der Waals surface area contributed by atoms with E-state index in [0.717, 1.165) is 35.9 Å². The van der Waals surface area contributed by atoms with Crippen LogP contribution in [-0.2, 0) is 11.3 Å². The maximum Gasteiger partial charge on any atom is 0.185 e. The third-order valence-corrected chi connectivity index (χ3v) is 3.28. The summed E-state index contributed by atoms with van der Waals surface area (Å²) in [5.74, 6) is 1.24. The lowest BCUT2D eigenvalue weighted by molar-refractivity contribution is 0.110. The highest BCUT2D eigenvalue weighted by Gasteiger charge is 2.11. The van der Waals surface area contributed by atoms with Gasteiger partial charge in [0.2, 0.25) is 0 Å². The van der Waals surface area contributed by atoms with Crippen molar-refractivity contribution >= 4 is 17.3 Å². The number of benzene rings is 1. The van der Waals surface area contributed by atoms with Crippen LogP contribution in [0, 0.1) is 0 Å². The molecule has 1 aromatic carbocycles. The van der Waals surface area contributed by atoms with Crippen LogP contribution < -0.4 is 4.74 Å². The van der Waals surface area contributed by atoms with Crippen LogP contribution in [0.4, 0.5) is 0 Å². The molecule has 5 nitrogen and oxygen atoms in total. The molecule has 0 aliphatic heterocycles. The normalized spacial score (nSPS) is 11.0. The van der Waals surface area contributed by atoms with Crippen LogP contribution in [0.2, 0.25) is 0 Å². The van der Waals surface area contributed by atoms with Gasteiger partial charge in [-0.1, -0.05) is 13.3 Å². The molecule has 0 bridgehead atoms. The zero-order valence-corrected chi connectivity index (χ0v) is 12.7. The van der Waals surface area contributed by atoms with E-state index in [-0.39, 0.29) is 0 Å². The number of fused-ring (bicyclic) bond motifs is 1. The molecule has 0 fully saturated rings. The van der Waals surface area contributed by atoms with E-state index in [1.54, 1.807) is 0 Å². The number of nitrogens with zero attached hydrogens (tertiary/aromatic N) is 2. The Morgan fingerprint density at radius 1 is 1.29 bits per heavy atom. The highest BCUT2D eigenvalue weighted by Crippen LogP contribution is 2.22. The lowest BCUT2D eigenvalue weighted by atomic mass is 10.3. The second kappa shape index (κ2) is 7.78. The molecule has 0 saturated carbocycles. The molecule has 114 valence electrons. The molecule has 0 atom stereocenters. The van der Waals surface area contributed by atoms with Crippen molar-refractivity contribution in [3.63, 3.8) is 0 Å². The van der Waals surface area contributed by atoms with Crippen molar-refractivity contribution in [3.8, 4) is 5.75 Å². The molecule has 1 heterocycles. The second-order valence-corrected chi connectivity index (χ2v) is 4.79. The van der Waals surface area contributed by atoms with E-state index < -0.39 is 0 Å². The van der Waals surface area contributed by atoms with Crippen LogP contribution in [0.5, 0.6) is 5.75 Å². The summed E-state index contributed by atoms with van der Waals surface area (Å²) in [5, 5.41) is 0. The molecule has 5 heteroatoms. The monoisotopic (exact) mass is 290 g/mol. The van der Waals surface area contributed by atoms with Gasteiger partial charge in [0.05, 0.1) is 24.2 Å². The SMILES string of the molecule is CCCCOc1ccc2nc(C=O)n(CCOCC)c2c1. The smallest absolute Gasteiger partial charge is 0.185 e. The number of carbonyl (C=O) groups excluding carboxylic acids is 1. The van der Waals surface area contributed by atoms with Gasteiger partial charge in [0.25, 0.3) is 0 Å². The summed E-state index contributed by atoms with van der Waals surface area (Å²) in [7, 11) is 0. The van der Waals surface area contributed by atoms with E-state index in [9.17, 15) is 4.79 Å². The van der Waals surface area contributed by atoms with Crippen LogP contribution in [0.3, 0.4) is 0 Å². The number of hydrogen-bond acceptors (Lipinski definition) is 4. The van der Waals surface area contributed by atoms with Crippen LogP contribution in [-0.4, -0.2) is 35.7 Å². The topological polar surface area (TPSA) is 53.3 Å². The van der Waals surface area contributed by atoms with E-state index in [0.29, 0.717) is 32.2 Å². The highest BCUT2D eigenvalue weighted by molar-refractivity contribution is 5.84. The Labute approximate surface area is 124 Å². The van der Waals surface area contributed by atoms with E-state index in [4.69, 9.17) is 9.47 Å². The molecular formula is C16H22N2O3. The third-order valence-electron chi connectivity index (χ3n) is 3.28. The minimum absolute atomic E-state index is 0.426. The van der Waals surface area contributed by atoms with Crippen molar-refractivity contribution in [3.05, 3.63) is 24.0 Å². The minimum Gasteiger partial charge on any atom is -0.494 e. The summed E-state index contributed by atoms with van der Waals surface area (Å²) in [6.07, 6.45) is 2.91. The highest BCUT2D eigenvalue weighted by atomic mass is 16.5. The predicted octanol–water partition coefficient (Wildman–Crippen LogP) is 3.06. The van der Waals surface area contributed by atoms with Crippen LogP contribution in [0.15, 0.2) is 18.2 Å². The molecule has 2 rings (SSSR count). The molecular weight excluding hydrogens is 268 g/mol. The Morgan fingerprint density at radius 3 is 2.86 bits per heavy atom. The molecule has 0 spiro atoms. The first kappa shape index (κ1) is 15.5. The maximum absolute atomic E-state index is 11.2. The zero-order valence-electron chi connectivity index (χ0n) is 12.7. The predicted molar refractivity (Wildman–Crippen MR) is 82.0 cm³/mol. The van der Waals surface area contributed by atoms with Gasteiger partial charge in [-0.25, -0.2) is 4.98 Å². The zero-order chi connectivity index (χ0) is 15.1. The molecule has 1 aromatic heterocycles. The summed E-state index contributed by atoms with van der Waals surface area (Å²) in [6, 6.07) is 5.73. The number of aldehydes is 1. The Balaban J connectivity index is 2.25. The fourth-order valence-corrected chi connectivity index (χ4v) is 2.17.